The first-order valence-electron chi connectivity index (χ1n) is 4.02. The largest absolute Gasteiger partial charge is 0.382 e. The van der Waals surface area contributed by atoms with E-state index in [2.05, 4.69) is 0 Å². The number of hydrogen-bond acceptors (Lipinski definition) is 1. The molecular formula is C9H10F2O. The molecule has 1 rings (SSSR count). The van der Waals surface area contributed by atoms with E-state index < -0.39 is 12.5 Å². The lowest BCUT2D eigenvalue weighted by atomic mass is 10.1. The molecule has 0 saturated carbocycles. The molecule has 0 aliphatic carbocycles. The highest BCUT2D eigenvalue weighted by Crippen LogP contribution is 2.20. The summed E-state index contributed by atoms with van der Waals surface area (Å²) in [5.41, 5.74) is 0.807. The Labute approximate surface area is 71.1 Å². The van der Waals surface area contributed by atoms with Gasteiger partial charge in [0.25, 0.3) is 6.43 Å². The summed E-state index contributed by atoms with van der Waals surface area (Å²) < 4.78 is 31.3. The van der Waals surface area contributed by atoms with E-state index in [1.165, 1.54) is 12.1 Å². The maximum Gasteiger partial charge on any atom is 0.268 e. The molecule has 66 valence electrons. The van der Waals surface area contributed by atoms with Crippen LogP contribution in [0.2, 0.25) is 0 Å². The van der Waals surface area contributed by atoms with Crippen LogP contribution in [0.15, 0.2) is 24.3 Å². The number of aryl methyl sites for hydroxylation is 1. The maximum atomic E-state index is 12.2. The fraction of sp³-hybridized carbons (Fsp3) is 0.333. The summed E-state index contributed by atoms with van der Waals surface area (Å²) >= 11 is 0. The first kappa shape index (κ1) is 7.68. The zero-order valence-electron chi connectivity index (χ0n) is 7.59. The van der Waals surface area contributed by atoms with E-state index in [0.717, 1.165) is 5.56 Å². The standard InChI is InChI=1S/C9H10F2O/c1-6-2-4-7(5-3-6)8(12)9(10)11/h2-5,8-9,12H,1H3/i8D. The Morgan fingerprint density at radius 2 is 1.83 bits per heavy atom. The summed E-state index contributed by atoms with van der Waals surface area (Å²) in [7, 11) is 0. The van der Waals surface area contributed by atoms with Gasteiger partial charge in [0.15, 0.2) is 0 Å². The Bertz CT molecular complexity index is 282. The molecule has 0 heterocycles. The molecular weight excluding hydrogens is 162 g/mol. The highest BCUT2D eigenvalue weighted by Gasteiger charge is 2.18. The summed E-state index contributed by atoms with van der Waals surface area (Å²) in [6, 6.07) is 5.82. The van der Waals surface area contributed by atoms with Gasteiger partial charge in [-0.3, -0.25) is 0 Å². The van der Waals surface area contributed by atoms with Crippen molar-refractivity contribution in [2.75, 3.05) is 0 Å². The van der Waals surface area contributed by atoms with E-state index in [4.69, 9.17) is 6.48 Å². The van der Waals surface area contributed by atoms with Gasteiger partial charge in [0.1, 0.15) is 6.08 Å². The smallest absolute Gasteiger partial charge is 0.268 e. The third kappa shape index (κ3) is 2.01. The van der Waals surface area contributed by atoms with Crippen LogP contribution in [0, 0.1) is 6.92 Å². The van der Waals surface area contributed by atoms with Crippen LogP contribution < -0.4 is 0 Å². The van der Waals surface area contributed by atoms with Crippen molar-refractivity contribution >= 4 is 0 Å². The average molecular weight is 173 g/mol. The van der Waals surface area contributed by atoms with Crippen LogP contribution in [0.4, 0.5) is 8.78 Å². The minimum atomic E-state index is -3.10. The van der Waals surface area contributed by atoms with Crippen LogP contribution in [0.1, 0.15) is 18.6 Å². The Morgan fingerprint density at radius 1 is 1.33 bits per heavy atom. The van der Waals surface area contributed by atoms with Gasteiger partial charge < -0.3 is 5.11 Å². The molecule has 1 aromatic rings. The number of hydrogen-bond donors (Lipinski definition) is 1. The zero-order valence-corrected chi connectivity index (χ0v) is 6.59. The Hall–Kier alpha value is -0.960. The molecule has 1 nitrogen and oxygen atoms in total. The number of benzene rings is 1. The molecule has 3 heteroatoms. The summed E-state index contributed by atoms with van der Waals surface area (Å²) in [6.45, 7) is 1.80. The fourth-order valence-electron chi connectivity index (χ4n) is 0.850. The van der Waals surface area contributed by atoms with Crippen molar-refractivity contribution in [1.82, 2.24) is 0 Å². The van der Waals surface area contributed by atoms with Crippen LogP contribution in [0.25, 0.3) is 0 Å². The molecule has 0 spiro atoms. The molecule has 1 aromatic carbocycles. The molecule has 0 saturated heterocycles. The molecule has 12 heavy (non-hydrogen) atoms. The molecule has 0 aliphatic rings. The van der Waals surface area contributed by atoms with Gasteiger partial charge in [0, 0.05) is 0 Å². The van der Waals surface area contributed by atoms with E-state index in [9.17, 15) is 8.78 Å². The Kier molecular flexibility index (Phi) is 2.32. The molecule has 1 atom stereocenters. The zero-order chi connectivity index (χ0) is 10.1. The average Bonchev–Trinajstić information content (AvgIpc) is 2.04. The van der Waals surface area contributed by atoms with Crippen LogP contribution in [-0.2, 0) is 0 Å². The number of halogens is 2. The summed E-state index contributed by atoms with van der Waals surface area (Å²) in [6.07, 6.45) is -5.90. The molecule has 0 bridgehead atoms. The third-order valence-electron chi connectivity index (χ3n) is 1.55. The highest BCUT2D eigenvalue weighted by atomic mass is 19.3. The second-order valence-electron chi connectivity index (χ2n) is 2.55. The van der Waals surface area contributed by atoms with Gasteiger partial charge in [-0.2, -0.15) is 0 Å². The normalized spacial score (nSPS) is 17.2. The molecule has 1 N–H and O–H groups in total. The van der Waals surface area contributed by atoms with Gasteiger partial charge in [-0.05, 0) is 12.5 Å². The van der Waals surface area contributed by atoms with Crippen molar-refractivity contribution in [3.8, 4) is 0 Å². The minimum absolute atomic E-state index is 0.0897. The van der Waals surface area contributed by atoms with Crippen molar-refractivity contribution in [3.63, 3.8) is 0 Å². The van der Waals surface area contributed by atoms with Gasteiger partial charge in [-0.25, -0.2) is 8.78 Å². The van der Waals surface area contributed by atoms with Gasteiger partial charge in [0.05, 0.1) is 1.37 Å². The molecule has 0 aliphatic heterocycles. The van der Waals surface area contributed by atoms with Crippen molar-refractivity contribution in [1.29, 1.82) is 0 Å². The number of rotatable bonds is 2. The highest BCUT2D eigenvalue weighted by molar-refractivity contribution is 5.23. The Morgan fingerprint density at radius 3 is 2.25 bits per heavy atom. The lowest BCUT2D eigenvalue weighted by Crippen LogP contribution is -2.07. The summed E-state index contributed by atoms with van der Waals surface area (Å²) in [4.78, 5) is 0. The quantitative estimate of drug-likeness (QED) is 0.727. The van der Waals surface area contributed by atoms with E-state index in [-0.39, 0.29) is 5.56 Å². The van der Waals surface area contributed by atoms with E-state index in [0.29, 0.717) is 0 Å². The molecule has 0 amide bonds. The van der Waals surface area contributed by atoms with Crippen LogP contribution in [-0.4, -0.2) is 11.5 Å². The van der Waals surface area contributed by atoms with Crippen molar-refractivity contribution < 1.29 is 15.3 Å². The SMILES string of the molecule is [2H]C(O)(c1ccc(C)cc1)C(F)F. The van der Waals surface area contributed by atoms with Gasteiger partial charge >= 0.3 is 0 Å². The van der Waals surface area contributed by atoms with E-state index in [1.807, 2.05) is 0 Å². The van der Waals surface area contributed by atoms with Gasteiger partial charge in [-0.15, -0.1) is 0 Å². The maximum absolute atomic E-state index is 12.2. The predicted octanol–water partition coefficient (Wildman–Crippen LogP) is 2.29. The lowest BCUT2D eigenvalue weighted by Gasteiger charge is -2.09. The fourth-order valence-corrected chi connectivity index (χ4v) is 0.850. The molecule has 1 unspecified atom stereocenters. The number of aliphatic hydroxyl groups is 1. The van der Waals surface area contributed by atoms with Crippen LogP contribution in [0.5, 0.6) is 0 Å². The van der Waals surface area contributed by atoms with Crippen LogP contribution >= 0.6 is 0 Å². The first-order chi connectivity index (χ1) is 5.94. The molecule has 0 aromatic heterocycles. The third-order valence-corrected chi connectivity index (χ3v) is 1.55. The Balaban J connectivity index is 3.01. The minimum Gasteiger partial charge on any atom is -0.382 e. The first-order valence-corrected chi connectivity index (χ1v) is 3.52. The topological polar surface area (TPSA) is 20.2 Å². The lowest BCUT2D eigenvalue weighted by molar-refractivity contribution is -0.00578. The van der Waals surface area contributed by atoms with Crippen LogP contribution in [0.3, 0.4) is 0 Å². The summed E-state index contributed by atoms with van der Waals surface area (Å²) in [5, 5.41) is 9.07. The second-order valence-corrected chi connectivity index (χ2v) is 2.55. The predicted molar refractivity (Wildman–Crippen MR) is 42.1 cm³/mol. The van der Waals surface area contributed by atoms with Gasteiger partial charge in [0.2, 0.25) is 0 Å². The monoisotopic (exact) mass is 173 g/mol. The number of alkyl halides is 2. The molecule has 0 radical (unpaired) electrons. The van der Waals surface area contributed by atoms with Crippen molar-refractivity contribution in [2.45, 2.75) is 19.4 Å². The van der Waals surface area contributed by atoms with Crippen molar-refractivity contribution in [2.24, 2.45) is 0 Å². The van der Waals surface area contributed by atoms with E-state index >= 15 is 0 Å². The summed E-state index contributed by atoms with van der Waals surface area (Å²) in [5.74, 6) is 0. The molecule has 0 fully saturated rings. The van der Waals surface area contributed by atoms with E-state index in [1.54, 1.807) is 19.1 Å². The second kappa shape index (κ2) is 3.63. The van der Waals surface area contributed by atoms with Crippen molar-refractivity contribution in [3.05, 3.63) is 35.4 Å². The van der Waals surface area contributed by atoms with Gasteiger partial charge in [-0.1, -0.05) is 29.8 Å².